The Morgan fingerprint density at radius 2 is 1.81 bits per heavy atom. The molecule has 1 saturated heterocycles. The molecule has 1 aliphatic heterocycles. The van der Waals surface area contributed by atoms with E-state index in [9.17, 15) is 22.0 Å². The molecule has 1 aliphatic rings. The van der Waals surface area contributed by atoms with Gasteiger partial charge in [-0.1, -0.05) is 29.3 Å². The summed E-state index contributed by atoms with van der Waals surface area (Å²) < 4.78 is 51.8. The van der Waals surface area contributed by atoms with Crippen molar-refractivity contribution in [2.75, 3.05) is 36.1 Å². The van der Waals surface area contributed by atoms with E-state index in [2.05, 4.69) is 10.0 Å². The van der Waals surface area contributed by atoms with Crippen molar-refractivity contribution in [3.05, 3.63) is 57.6 Å². The van der Waals surface area contributed by atoms with Crippen molar-refractivity contribution in [2.45, 2.75) is 19.3 Å². The summed E-state index contributed by atoms with van der Waals surface area (Å²) in [5.41, 5.74) is 1.35. The van der Waals surface area contributed by atoms with Crippen molar-refractivity contribution in [3.8, 4) is 0 Å². The molecule has 1 heterocycles. The Labute approximate surface area is 195 Å². The maximum atomic E-state index is 14.1. The van der Waals surface area contributed by atoms with Gasteiger partial charge in [-0.15, -0.1) is 0 Å². The van der Waals surface area contributed by atoms with Crippen LogP contribution in [0.2, 0.25) is 10.0 Å². The van der Waals surface area contributed by atoms with Crippen LogP contribution in [-0.4, -0.2) is 40.2 Å². The highest BCUT2D eigenvalue weighted by Gasteiger charge is 2.30. The first-order chi connectivity index (χ1) is 15.0. The molecule has 32 heavy (non-hydrogen) atoms. The van der Waals surface area contributed by atoms with Crippen LogP contribution in [0.3, 0.4) is 0 Å². The summed E-state index contributed by atoms with van der Waals surface area (Å²) in [4.78, 5) is 14.1. The number of anilines is 2. The molecule has 0 radical (unpaired) electrons. The number of hydrogen-bond acceptors (Lipinski definition) is 4. The summed E-state index contributed by atoms with van der Waals surface area (Å²) in [7, 11) is -3.28. The SMILES string of the molecule is CS(=O)(=O)NCCNc1cc(Cl)c(N2CC(Cc3ccc(F)cc3F)CCC2=O)c(Cl)c1. The van der Waals surface area contributed by atoms with Crippen molar-refractivity contribution in [2.24, 2.45) is 5.92 Å². The lowest BCUT2D eigenvalue weighted by atomic mass is 9.90. The first kappa shape index (κ1) is 24.7. The molecule has 1 amide bonds. The van der Waals surface area contributed by atoms with Gasteiger partial charge < -0.3 is 10.2 Å². The largest absolute Gasteiger partial charge is 0.384 e. The summed E-state index contributed by atoms with van der Waals surface area (Å²) in [5.74, 6) is -1.42. The van der Waals surface area contributed by atoms with Crippen LogP contribution in [0.1, 0.15) is 18.4 Å². The van der Waals surface area contributed by atoms with Gasteiger partial charge in [0.25, 0.3) is 0 Å². The molecule has 0 bridgehead atoms. The van der Waals surface area contributed by atoms with Crippen molar-refractivity contribution >= 4 is 50.5 Å². The Kier molecular flexibility index (Phi) is 7.97. The zero-order chi connectivity index (χ0) is 23.5. The molecule has 11 heteroatoms. The van der Waals surface area contributed by atoms with Crippen LogP contribution in [0, 0.1) is 17.6 Å². The fourth-order valence-corrected chi connectivity index (χ4v) is 4.83. The number of carbonyl (C=O) groups is 1. The lowest BCUT2D eigenvalue weighted by Crippen LogP contribution is -2.41. The molecule has 1 fully saturated rings. The van der Waals surface area contributed by atoms with E-state index in [1.54, 1.807) is 12.1 Å². The Morgan fingerprint density at radius 1 is 1.12 bits per heavy atom. The predicted molar refractivity (Wildman–Crippen MR) is 123 cm³/mol. The van der Waals surface area contributed by atoms with Gasteiger partial charge >= 0.3 is 0 Å². The van der Waals surface area contributed by atoms with Crippen LogP contribution in [0.5, 0.6) is 0 Å². The molecule has 1 unspecified atom stereocenters. The van der Waals surface area contributed by atoms with Crippen molar-refractivity contribution in [3.63, 3.8) is 0 Å². The number of carbonyl (C=O) groups excluding carboxylic acids is 1. The number of nitrogens with zero attached hydrogens (tertiary/aromatic N) is 1. The average Bonchev–Trinajstić information content (AvgIpc) is 2.68. The van der Waals surface area contributed by atoms with Gasteiger partial charge in [0.1, 0.15) is 11.6 Å². The van der Waals surface area contributed by atoms with Gasteiger partial charge in [-0.05, 0) is 42.5 Å². The fraction of sp³-hybridized carbons (Fsp3) is 0.381. The molecule has 6 nitrogen and oxygen atoms in total. The molecule has 0 saturated carbocycles. The number of sulfonamides is 1. The molecule has 2 aromatic carbocycles. The smallest absolute Gasteiger partial charge is 0.227 e. The van der Waals surface area contributed by atoms with Crippen LogP contribution in [0.4, 0.5) is 20.2 Å². The summed E-state index contributed by atoms with van der Waals surface area (Å²) in [5, 5.41) is 3.55. The van der Waals surface area contributed by atoms with E-state index in [4.69, 9.17) is 23.2 Å². The summed E-state index contributed by atoms with van der Waals surface area (Å²) in [6.07, 6.45) is 2.27. The first-order valence-corrected chi connectivity index (χ1v) is 12.6. The minimum atomic E-state index is -3.28. The average molecular weight is 506 g/mol. The van der Waals surface area contributed by atoms with Gasteiger partial charge in [-0.25, -0.2) is 21.9 Å². The fourth-order valence-electron chi connectivity index (χ4n) is 3.66. The second-order valence-electron chi connectivity index (χ2n) is 7.73. The Bertz CT molecular complexity index is 1090. The standard InChI is InChI=1S/C21H23Cl2F2N3O3S/c1-32(30,31)27-7-6-26-16-10-17(22)21(18(23)11-16)28-12-13(2-5-20(28)29)8-14-3-4-15(24)9-19(14)25/h3-4,9-11,13,26-27H,2,5-8,12H2,1H3. The highest BCUT2D eigenvalue weighted by atomic mass is 35.5. The first-order valence-electron chi connectivity index (χ1n) is 9.95. The summed E-state index contributed by atoms with van der Waals surface area (Å²) >= 11 is 12.9. The Balaban J connectivity index is 1.71. The van der Waals surface area contributed by atoms with E-state index in [1.807, 2.05) is 0 Å². The second kappa shape index (κ2) is 10.3. The zero-order valence-electron chi connectivity index (χ0n) is 17.3. The zero-order valence-corrected chi connectivity index (χ0v) is 19.6. The number of halogens is 4. The molecule has 1 atom stereocenters. The lowest BCUT2D eigenvalue weighted by Gasteiger charge is -2.34. The van der Waals surface area contributed by atoms with Crippen LogP contribution < -0.4 is 14.9 Å². The maximum Gasteiger partial charge on any atom is 0.227 e. The monoisotopic (exact) mass is 505 g/mol. The summed E-state index contributed by atoms with van der Waals surface area (Å²) in [6, 6.07) is 6.71. The molecule has 0 aromatic heterocycles. The lowest BCUT2D eigenvalue weighted by molar-refractivity contribution is -0.120. The van der Waals surface area contributed by atoms with Gasteiger partial charge in [0.05, 0.1) is 22.0 Å². The molecule has 0 aliphatic carbocycles. The Morgan fingerprint density at radius 3 is 2.44 bits per heavy atom. The molecular weight excluding hydrogens is 483 g/mol. The van der Waals surface area contributed by atoms with E-state index in [-0.39, 0.29) is 34.8 Å². The third-order valence-corrected chi connectivity index (χ3v) is 6.44. The predicted octanol–water partition coefficient (Wildman–Crippen LogP) is 4.22. The van der Waals surface area contributed by atoms with Crippen LogP contribution in [0.25, 0.3) is 0 Å². The molecule has 2 N–H and O–H groups in total. The van der Waals surface area contributed by atoms with Gasteiger partial charge in [0, 0.05) is 37.8 Å². The van der Waals surface area contributed by atoms with Crippen LogP contribution >= 0.6 is 23.2 Å². The number of rotatable bonds is 8. The van der Waals surface area contributed by atoms with E-state index < -0.39 is 21.7 Å². The molecule has 174 valence electrons. The number of benzene rings is 2. The van der Waals surface area contributed by atoms with Gasteiger partial charge in [0.15, 0.2) is 0 Å². The minimum Gasteiger partial charge on any atom is -0.384 e. The molecule has 2 aromatic rings. The van der Waals surface area contributed by atoms with Crippen LogP contribution in [0.15, 0.2) is 30.3 Å². The molecule has 0 spiro atoms. The highest BCUT2D eigenvalue weighted by molar-refractivity contribution is 7.88. The highest BCUT2D eigenvalue weighted by Crippen LogP contribution is 2.39. The van der Waals surface area contributed by atoms with Gasteiger partial charge in [-0.2, -0.15) is 0 Å². The molecule has 3 rings (SSSR count). The van der Waals surface area contributed by atoms with Crippen molar-refractivity contribution in [1.82, 2.24) is 4.72 Å². The maximum absolute atomic E-state index is 14.1. The van der Waals surface area contributed by atoms with E-state index in [0.717, 1.165) is 12.3 Å². The summed E-state index contributed by atoms with van der Waals surface area (Å²) in [6.45, 7) is 0.801. The molecular formula is C21H23Cl2F2N3O3S. The number of amides is 1. The normalized spacial score (nSPS) is 17.0. The third kappa shape index (κ3) is 6.54. The second-order valence-corrected chi connectivity index (χ2v) is 10.4. The minimum absolute atomic E-state index is 0.0420. The number of piperidine rings is 1. The topological polar surface area (TPSA) is 78.5 Å². The van der Waals surface area contributed by atoms with Crippen molar-refractivity contribution < 1.29 is 22.0 Å². The van der Waals surface area contributed by atoms with Crippen molar-refractivity contribution in [1.29, 1.82) is 0 Å². The van der Waals surface area contributed by atoms with E-state index in [0.29, 0.717) is 42.9 Å². The number of nitrogens with one attached hydrogen (secondary N) is 2. The number of hydrogen-bond donors (Lipinski definition) is 2. The Hall–Kier alpha value is -1.94. The van der Waals surface area contributed by atoms with Gasteiger partial charge in [0.2, 0.25) is 15.9 Å². The quantitative estimate of drug-likeness (QED) is 0.526. The van der Waals surface area contributed by atoms with E-state index >= 15 is 0 Å². The third-order valence-electron chi connectivity index (χ3n) is 5.14. The van der Waals surface area contributed by atoms with Gasteiger partial charge in [-0.3, -0.25) is 4.79 Å². The van der Waals surface area contributed by atoms with E-state index in [1.165, 1.54) is 17.0 Å². The van der Waals surface area contributed by atoms with Crippen LogP contribution in [-0.2, 0) is 21.2 Å².